The predicted octanol–water partition coefficient (Wildman–Crippen LogP) is 2.67. The minimum absolute atomic E-state index is 0. The number of nitrogens with zero attached hydrogens (tertiary/aromatic N) is 1. The van der Waals surface area contributed by atoms with E-state index in [1.807, 2.05) is 0 Å². The van der Waals surface area contributed by atoms with Gasteiger partial charge in [0, 0.05) is 23.2 Å². The number of halogens is 2. The van der Waals surface area contributed by atoms with Crippen LogP contribution in [0.4, 0.5) is 5.69 Å². The summed E-state index contributed by atoms with van der Waals surface area (Å²) in [6, 6.07) is 4.21. The van der Waals surface area contributed by atoms with Crippen molar-refractivity contribution in [1.29, 1.82) is 0 Å². The van der Waals surface area contributed by atoms with Gasteiger partial charge in [0.1, 0.15) is 0 Å². The highest BCUT2D eigenvalue weighted by molar-refractivity contribution is 6.31. The van der Waals surface area contributed by atoms with E-state index in [9.17, 15) is 10.1 Å². The van der Waals surface area contributed by atoms with Gasteiger partial charge in [0.2, 0.25) is 0 Å². The maximum atomic E-state index is 10.8. The first-order valence-corrected chi connectivity index (χ1v) is 6.37. The molecule has 0 spiro atoms. The molecule has 5 nitrogen and oxygen atoms in total. The van der Waals surface area contributed by atoms with E-state index in [0.717, 1.165) is 25.9 Å². The molecule has 0 radical (unpaired) electrons. The van der Waals surface area contributed by atoms with Gasteiger partial charge in [-0.15, -0.1) is 12.4 Å². The van der Waals surface area contributed by atoms with Gasteiger partial charge in [-0.05, 0) is 43.5 Å². The molecular weight excluding hydrogens is 289 g/mol. The zero-order valence-electron chi connectivity index (χ0n) is 10.3. The molecule has 3 N–H and O–H groups in total. The minimum atomic E-state index is -0.422. The van der Waals surface area contributed by atoms with E-state index in [2.05, 4.69) is 5.32 Å². The van der Waals surface area contributed by atoms with Gasteiger partial charge in [0.15, 0.2) is 0 Å². The van der Waals surface area contributed by atoms with Gasteiger partial charge in [0.25, 0.3) is 5.69 Å². The maximum Gasteiger partial charge on any atom is 0.269 e. The molecule has 0 bridgehead atoms. The first-order valence-electron chi connectivity index (χ1n) is 5.99. The second kappa shape index (κ2) is 7.05. The van der Waals surface area contributed by atoms with Crippen molar-refractivity contribution in [2.45, 2.75) is 18.9 Å². The number of piperidine rings is 1. The number of non-ortho nitro benzene ring substituents is 1. The molecule has 1 aliphatic heterocycles. The van der Waals surface area contributed by atoms with E-state index in [1.54, 1.807) is 6.07 Å². The largest absolute Gasteiger partial charge is 0.324 e. The first kappa shape index (κ1) is 16.2. The summed E-state index contributed by atoms with van der Waals surface area (Å²) in [4.78, 5) is 10.4. The molecule has 2 rings (SSSR count). The number of benzene rings is 1. The number of nitrogens with two attached hydrogens (primary N) is 1. The van der Waals surface area contributed by atoms with Crippen molar-refractivity contribution in [1.82, 2.24) is 5.32 Å². The van der Waals surface area contributed by atoms with Crippen LogP contribution >= 0.6 is 24.0 Å². The molecule has 1 heterocycles. The quantitative estimate of drug-likeness (QED) is 0.664. The second-order valence-electron chi connectivity index (χ2n) is 4.58. The molecular formula is C12H17Cl2N3O2. The molecule has 7 heteroatoms. The van der Waals surface area contributed by atoms with E-state index in [1.165, 1.54) is 12.1 Å². The molecule has 1 aliphatic rings. The Balaban J connectivity index is 0.00000180. The zero-order valence-corrected chi connectivity index (χ0v) is 11.9. The van der Waals surface area contributed by atoms with Crippen LogP contribution in [0.15, 0.2) is 18.2 Å². The molecule has 0 unspecified atom stereocenters. The number of nitrogens with one attached hydrogen (secondary N) is 1. The standard InChI is InChI=1S/C12H16ClN3O2.ClH/c13-11-2-1-9(16(17)18)7-10(11)12(14)8-3-5-15-6-4-8;/h1-2,7-8,12,15H,3-6,14H2;1H/t12-;/m1./s1. The molecule has 0 saturated carbocycles. The minimum Gasteiger partial charge on any atom is -0.324 e. The van der Waals surface area contributed by atoms with Crippen molar-refractivity contribution in [3.05, 3.63) is 38.9 Å². The van der Waals surface area contributed by atoms with Gasteiger partial charge in [-0.2, -0.15) is 0 Å². The van der Waals surface area contributed by atoms with Crippen molar-refractivity contribution in [2.75, 3.05) is 13.1 Å². The fraction of sp³-hybridized carbons (Fsp3) is 0.500. The van der Waals surface area contributed by atoms with Crippen molar-refractivity contribution in [3.8, 4) is 0 Å². The first-order chi connectivity index (χ1) is 8.59. The molecule has 1 aromatic carbocycles. The van der Waals surface area contributed by atoms with Crippen LogP contribution in [0.1, 0.15) is 24.4 Å². The average Bonchev–Trinajstić information content (AvgIpc) is 2.39. The monoisotopic (exact) mass is 305 g/mol. The summed E-state index contributed by atoms with van der Waals surface area (Å²) in [7, 11) is 0. The topological polar surface area (TPSA) is 81.2 Å². The lowest BCUT2D eigenvalue weighted by molar-refractivity contribution is -0.384. The Kier molecular flexibility index (Phi) is 6.00. The van der Waals surface area contributed by atoms with E-state index in [-0.39, 0.29) is 24.1 Å². The number of nitro benzene ring substituents is 1. The van der Waals surface area contributed by atoms with Gasteiger partial charge in [-0.3, -0.25) is 10.1 Å². The smallest absolute Gasteiger partial charge is 0.269 e. The molecule has 0 amide bonds. The number of nitro groups is 1. The Bertz CT molecular complexity index is 451. The van der Waals surface area contributed by atoms with Crippen LogP contribution in [0.5, 0.6) is 0 Å². The third kappa shape index (κ3) is 3.79. The van der Waals surface area contributed by atoms with Crippen LogP contribution < -0.4 is 11.1 Å². The Labute approximate surface area is 123 Å². The van der Waals surface area contributed by atoms with Crippen molar-refractivity contribution >= 4 is 29.7 Å². The fourth-order valence-electron chi connectivity index (χ4n) is 2.36. The van der Waals surface area contributed by atoms with Crippen LogP contribution in [0.3, 0.4) is 0 Å². The summed E-state index contributed by atoms with van der Waals surface area (Å²) in [6.45, 7) is 1.87. The van der Waals surface area contributed by atoms with Crippen molar-refractivity contribution in [2.24, 2.45) is 11.7 Å². The molecule has 19 heavy (non-hydrogen) atoms. The molecule has 0 aliphatic carbocycles. The summed E-state index contributed by atoms with van der Waals surface area (Å²) in [5.74, 6) is 0.325. The third-order valence-electron chi connectivity index (χ3n) is 3.44. The van der Waals surface area contributed by atoms with E-state index < -0.39 is 4.92 Å². The zero-order chi connectivity index (χ0) is 13.1. The lowest BCUT2D eigenvalue weighted by Crippen LogP contribution is -2.33. The van der Waals surface area contributed by atoms with Gasteiger partial charge in [-0.1, -0.05) is 11.6 Å². The highest BCUT2D eigenvalue weighted by Crippen LogP contribution is 2.33. The summed E-state index contributed by atoms with van der Waals surface area (Å²) in [5.41, 5.74) is 6.92. The van der Waals surface area contributed by atoms with Crippen LogP contribution in [-0.4, -0.2) is 18.0 Å². The summed E-state index contributed by atoms with van der Waals surface area (Å²) in [5, 5.41) is 14.5. The van der Waals surface area contributed by atoms with Crippen LogP contribution in [0.2, 0.25) is 5.02 Å². The summed E-state index contributed by atoms with van der Waals surface area (Å²) >= 11 is 6.10. The lowest BCUT2D eigenvalue weighted by Gasteiger charge is -2.28. The predicted molar refractivity (Wildman–Crippen MR) is 77.9 cm³/mol. The van der Waals surface area contributed by atoms with Crippen molar-refractivity contribution < 1.29 is 4.92 Å². The van der Waals surface area contributed by atoms with Crippen molar-refractivity contribution in [3.63, 3.8) is 0 Å². The number of hydrogen-bond acceptors (Lipinski definition) is 4. The Morgan fingerprint density at radius 1 is 1.42 bits per heavy atom. The van der Waals surface area contributed by atoms with E-state index in [4.69, 9.17) is 17.3 Å². The number of hydrogen-bond donors (Lipinski definition) is 2. The SMILES string of the molecule is Cl.N[C@@H](c1cc([N+](=O)[O-])ccc1Cl)C1CCNCC1. The normalized spacial score (nSPS) is 17.6. The lowest BCUT2D eigenvalue weighted by atomic mass is 9.86. The fourth-order valence-corrected chi connectivity index (χ4v) is 2.60. The Hall–Kier alpha value is -0.880. The van der Waals surface area contributed by atoms with E-state index in [0.29, 0.717) is 16.5 Å². The van der Waals surface area contributed by atoms with E-state index >= 15 is 0 Å². The van der Waals surface area contributed by atoms with Gasteiger partial charge >= 0.3 is 0 Å². The van der Waals surface area contributed by atoms with Crippen LogP contribution in [0, 0.1) is 16.0 Å². The maximum absolute atomic E-state index is 10.8. The average molecular weight is 306 g/mol. The highest BCUT2D eigenvalue weighted by Gasteiger charge is 2.24. The molecule has 1 saturated heterocycles. The number of rotatable bonds is 3. The van der Waals surface area contributed by atoms with Crippen LogP contribution in [0.25, 0.3) is 0 Å². The second-order valence-corrected chi connectivity index (χ2v) is 4.98. The molecule has 1 aromatic rings. The van der Waals surface area contributed by atoms with Gasteiger partial charge in [-0.25, -0.2) is 0 Å². The van der Waals surface area contributed by atoms with Crippen LogP contribution in [-0.2, 0) is 0 Å². The summed E-state index contributed by atoms with van der Waals surface area (Å²) in [6.07, 6.45) is 1.94. The van der Waals surface area contributed by atoms with Gasteiger partial charge < -0.3 is 11.1 Å². The third-order valence-corrected chi connectivity index (χ3v) is 3.79. The molecule has 1 atom stereocenters. The Morgan fingerprint density at radius 2 is 2.05 bits per heavy atom. The summed E-state index contributed by atoms with van der Waals surface area (Å²) < 4.78 is 0. The molecule has 1 fully saturated rings. The molecule has 106 valence electrons. The Morgan fingerprint density at radius 3 is 2.63 bits per heavy atom. The highest BCUT2D eigenvalue weighted by atomic mass is 35.5. The molecule has 0 aromatic heterocycles. The van der Waals surface area contributed by atoms with Gasteiger partial charge in [0.05, 0.1) is 4.92 Å².